The molecule has 2 heterocycles. The summed E-state index contributed by atoms with van der Waals surface area (Å²) in [5, 5.41) is 3.32. The molecule has 0 bridgehead atoms. The Morgan fingerprint density at radius 1 is 1.62 bits per heavy atom. The van der Waals surface area contributed by atoms with E-state index in [4.69, 9.17) is 5.73 Å². The van der Waals surface area contributed by atoms with Gasteiger partial charge in [0.2, 0.25) is 0 Å². The molecular weight excluding hydrogens is 218 g/mol. The lowest BCUT2D eigenvalue weighted by Crippen LogP contribution is -2.46. The first-order valence-corrected chi connectivity index (χ1v) is 7.02. The van der Waals surface area contributed by atoms with E-state index in [-0.39, 0.29) is 6.04 Å². The van der Waals surface area contributed by atoms with Crippen LogP contribution in [0, 0.1) is 6.92 Å². The molecule has 1 aliphatic heterocycles. The summed E-state index contributed by atoms with van der Waals surface area (Å²) in [5.74, 6) is 0. The second kappa shape index (κ2) is 5.25. The Labute approximate surface area is 102 Å². The Morgan fingerprint density at radius 2 is 2.44 bits per heavy atom. The highest BCUT2D eigenvalue weighted by Gasteiger charge is 2.31. The molecule has 0 aromatic carbocycles. The predicted molar refractivity (Wildman–Crippen MR) is 68.7 cm³/mol. The second-order valence-corrected chi connectivity index (χ2v) is 5.64. The van der Waals surface area contributed by atoms with Crippen LogP contribution in [0.3, 0.4) is 0 Å². The third kappa shape index (κ3) is 2.44. The standard InChI is InChI=1S/C12H21N3S/c1-3-6-15-7-4-5-10(13)12(15)11-8-16-9(2)14-11/h8,10,12H,3-7,13H2,1-2H3. The van der Waals surface area contributed by atoms with Crippen molar-refractivity contribution in [2.45, 2.75) is 45.2 Å². The van der Waals surface area contributed by atoms with Crippen LogP contribution in [-0.4, -0.2) is 29.0 Å². The fourth-order valence-corrected chi connectivity index (χ4v) is 3.20. The third-order valence-corrected chi connectivity index (χ3v) is 4.02. The van der Waals surface area contributed by atoms with Crippen molar-refractivity contribution in [1.82, 2.24) is 9.88 Å². The summed E-state index contributed by atoms with van der Waals surface area (Å²) >= 11 is 1.73. The molecule has 0 radical (unpaired) electrons. The van der Waals surface area contributed by atoms with E-state index in [2.05, 4.69) is 29.1 Å². The molecule has 1 saturated heterocycles. The summed E-state index contributed by atoms with van der Waals surface area (Å²) in [6.07, 6.45) is 3.54. The molecule has 3 nitrogen and oxygen atoms in total. The lowest BCUT2D eigenvalue weighted by molar-refractivity contribution is 0.126. The van der Waals surface area contributed by atoms with Crippen LogP contribution in [0.1, 0.15) is 42.9 Å². The summed E-state index contributed by atoms with van der Waals surface area (Å²) in [7, 11) is 0. The SMILES string of the molecule is CCCN1CCCC(N)C1c1csc(C)n1. The van der Waals surface area contributed by atoms with Crippen molar-refractivity contribution < 1.29 is 0 Å². The van der Waals surface area contributed by atoms with Crippen molar-refractivity contribution in [2.24, 2.45) is 5.73 Å². The van der Waals surface area contributed by atoms with E-state index in [0.717, 1.165) is 18.0 Å². The monoisotopic (exact) mass is 239 g/mol. The van der Waals surface area contributed by atoms with Crippen LogP contribution in [0.25, 0.3) is 0 Å². The van der Waals surface area contributed by atoms with Gasteiger partial charge in [0.15, 0.2) is 0 Å². The Bertz CT molecular complexity index is 335. The number of likely N-dealkylation sites (tertiary alicyclic amines) is 1. The molecule has 16 heavy (non-hydrogen) atoms. The second-order valence-electron chi connectivity index (χ2n) is 4.58. The van der Waals surface area contributed by atoms with Crippen molar-refractivity contribution in [3.05, 3.63) is 16.1 Å². The Balaban J connectivity index is 2.18. The van der Waals surface area contributed by atoms with Gasteiger partial charge in [-0.2, -0.15) is 0 Å². The van der Waals surface area contributed by atoms with Crippen LogP contribution in [0.15, 0.2) is 5.38 Å². The van der Waals surface area contributed by atoms with Crippen molar-refractivity contribution in [1.29, 1.82) is 0 Å². The first kappa shape index (κ1) is 12.0. The molecule has 0 amide bonds. The first-order valence-electron chi connectivity index (χ1n) is 6.14. The summed E-state index contributed by atoms with van der Waals surface area (Å²) in [5.41, 5.74) is 7.45. The smallest absolute Gasteiger partial charge is 0.0898 e. The summed E-state index contributed by atoms with van der Waals surface area (Å²) < 4.78 is 0. The van der Waals surface area contributed by atoms with Gasteiger partial charge in [-0.3, -0.25) is 4.90 Å². The number of thiazole rings is 1. The van der Waals surface area contributed by atoms with Gasteiger partial charge in [-0.15, -0.1) is 11.3 Å². The number of piperidine rings is 1. The largest absolute Gasteiger partial charge is 0.326 e. The normalized spacial score (nSPS) is 27.2. The van der Waals surface area contributed by atoms with Crippen LogP contribution in [0.5, 0.6) is 0 Å². The molecule has 0 aliphatic carbocycles. The van der Waals surface area contributed by atoms with E-state index < -0.39 is 0 Å². The molecule has 90 valence electrons. The Morgan fingerprint density at radius 3 is 3.06 bits per heavy atom. The molecule has 1 aromatic rings. The average Bonchev–Trinajstić information content (AvgIpc) is 2.65. The van der Waals surface area contributed by atoms with Crippen molar-refractivity contribution >= 4 is 11.3 Å². The van der Waals surface area contributed by atoms with E-state index in [9.17, 15) is 0 Å². The van der Waals surface area contributed by atoms with E-state index in [1.54, 1.807) is 11.3 Å². The fraction of sp³-hybridized carbons (Fsp3) is 0.750. The molecule has 0 saturated carbocycles. The molecule has 0 spiro atoms. The topological polar surface area (TPSA) is 42.1 Å². The highest BCUT2D eigenvalue weighted by atomic mass is 32.1. The number of rotatable bonds is 3. The van der Waals surface area contributed by atoms with Gasteiger partial charge in [-0.05, 0) is 39.3 Å². The lowest BCUT2D eigenvalue weighted by atomic mass is 9.94. The molecule has 2 rings (SSSR count). The molecule has 2 atom stereocenters. The molecule has 2 unspecified atom stereocenters. The lowest BCUT2D eigenvalue weighted by Gasteiger charge is -2.38. The van der Waals surface area contributed by atoms with E-state index in [1.807, 2.05) is 0 Å². The molecule has 1 aliphatic rings. The minimum Gasteiger partial charge on any atom is -0.326 e. The quantitative estimate of drug-likeness (QED) is 0.880. The highest BCUT2D eigenvalue weighted by molar-refractivity contribution is 7.09. The number of hydrogen-bond acceptors (Lipinski definition) is 4. The van der Waals surface area contributed by atoms with Gasteiger partial charge in [0.05, 0.1) is 16.7 Å². The number of nitrogens with zero attached hydrogens (tertiary/aromatic N) is 2. The zero-order valence-corrected chi connectivity index (χ0v) is 11.0. The summed E-state index contributed by atoms with van der Waals surface area (Å²) in [4.78, 5) is 7.12. The maximum absolute atomic E-state index is 6.26. The van der Waals surface area contributed by atoms with Crippen LogP contribution in [0.2, 0.25) is 0 Å². The van der Waals surface area contributed by atoms with Crippen molar-refractivity contribution in [2.75, 3.05) is 13.1 Å². The Hall–Kier alpha value is -0.450. The maximum Gasteiger partial charge on any atom is 0.0898 e. The van der Waals surface area contributed by atoms with E-state index in [0.29, 0.717) is 6.04 Å². The van der Waals surface area contributed by atoms with Gasteiger partial charge in [0.1, 0.15) is 0 Å². The maximum atomic E-state index is 6.26. The van der Waals surface area contributed by atoms with Gasteiger partial charge in [-0.1, -0.05) is 6.92 Å². The highest BCUT2D eigenvalue weighted by Crippen LogP contribution is 2.30. The van der Waals surface area contributed by atoms with Crippen molar-refractivity contribution in [3.8, 4) is 0 Å². The Kier molecular flexibility index (Phi) is 3.95. The van der Waals surface area contributed by atoms with Crippen LogP contribution < -0.4 is 5.73 Å². The first-order chi connectivity index (χ1) is 7.72. The van der Waals surface area contributed by atoms with Gasteiger partial charge in [0.25, 0.3) is 0 Å². The molecule has 1 fully saturated rings. The molecule has 2 N–H and O–H groups in total. The number of aromatic nitrogens is 1. The average molecular weight is 239 g/mol. The molecule has 4 heteroatoms. The van der Waals surface area contributed by atoms with Crippen LogP contribution in [-0.2, 0) is 0 Å². The van der Waals surface area contributed by atoms with Crippen LogP contribution >= 0.6 is 11.3 Å². The fourth-order valence-electron chi connectivity index (χ4n) is 2.56. The minimum absolute atomic E-state index is 0.252. The van der Waals surface area contributed by atoms with Gasteiger partial charge >= 0.3 is 0 Å². The van der Waals surface area contributed by atoms with Gasteiger partial charge in [-0.25, -0.2) is 4.98 Å². The zero-order valence-electron chi connectivity index (χ0n) is 10.1. The summed E-state index contributed by atoms with van der Waals surface area (Å²) in [6.45, 7) is 6.59. The van der Waals surface area contributed by atoms with E-state index in [1.165, 1.54) is 25.1 Å². The zero-order chi connectivity index (χ0) is 11.5. The molecule has 1 aromatic heterocycles. The number of nitrogens with two attached hydrogens (primary N) is 1. The number of hydrogen-bond donors (Lipinski definition) is 1. The van der Waals surface area contributed by atoms with Gasteiger partial charge in [0, 0.05) is 11.4 Å². The van der Waals surface area contributed by atoms with Crippen molar-refractivity contribution in [3.63, 3.8) is 0 Å². The van der Waals surface area contributed by atoms with Gasteiger partial charge < -0.3 is 5.73 Å². The van der Waals surface area contributed by atoms with Crippen LogP contribution in [0.4, 0.5) is 0 Å². The third-order valence-electron chi connectivity index (χ3n) is 3.23. The van der Waals surface area contributed by atoms with E-state index >= 15 is 0 Å². The summed E-state index contributed by atoms with van der Waals surface area (Å²) in [6, 6.07) is 0.598. The molecular formula is C12H21N3S. The number of aryl methyl sites for hydroxylation is 1. The predicted octanol–water partition coefficient (Wildman–Crippen LogP) is 2.33. The minimum atomic E-state index is 0.252.